The van der Waals surface area contributed by atoms with Crippen molar-refractivity contribution < 1.29 is 14.5 Å². The van der Waals surface area contributed by atoms with E-state index in [-0.39, 0.29) is 0 Å². The van der Waals surface area contributed by atoms with Crippen LogP contribution in [0, 0.1) is 0 Å². The Morgan fingerprint density at radius 2 is 2.17 bits per heavy atom. The molecule has 12 heavy (non-hydrogen) atoms. The summed E-state index contributed by atoms with van der Waals surface area (Å²) in [5.41, 5.74) is 1.81. The molecule has 0 atom stereocenters. The van der Waals surface area contributed by atoms with Crippen LogP contribution >= 0.6 is 0 Å². The number of hydrogen-bond donors (Lipinski definition) is 1. The Balaban J connectivity index is 2.55. The minimum Gasteiger partial charge on any atom is -0.408 e. The van der Waals surface area contributed by atoms with Crippen LogP contribution in [0.4, 0.5) is 0 Å². The zero-order chi connectivity index (χ0) is 8.55. The first-order valence-electron chi connectivity index (χ1n) is 3.79. The third-order valence-electron chi connectivity index (χ3n) is 1.85. The van der Waals surface area contributed by atoms with Gasteiger partial charge in [-0.05, 0) is 10.8 Å². The van der Waals surface area contributed by atoms with Crippen molar-refractivity contribution in [3.8, 4) is 0 Å². The lowest BCUT2D eigenvalue weighted by atomic mass is 9.76. The van der Waals surface area contributed by atoms with Crippen LogP contribution in [0.1, 0.15) is 5.56 Å². The molecule has 0 unspecified atom stereocenters. The molecule has 0 fully saturated rings. The molecule has 0 spiro atoms. The Morgan fingerprint density at radius 1 is 1.42 bits per heavy atom. The van der Waals surface area contributed by atoms with Gasteiger partial charge in [-0.2, -0.15) is 0 Å². The molecule has 0 saturated carbocycles. The lowest BCUT2D eigenvalue weighted by Crippen LogP contribution is -2.43. The van der Waals surface area contributed by atoms with Crippen molar-refractivity contribution in [2.75, 3.05) is 7.05 Å². The number of benzene rings is 1. The first-order chi connectivity index (χ1) is 5.77. The summed E-state index contributed by atoms with van der Waals surface area (Å²) in [6.45, 7) is 0. The lowest BCUT2D eigenvalue weighted by molar-refractivity contribution is -0.730. The second-order valence-electron chi connectivity index (χ2n) is 2.76. The van der Waals surface area contributed by atoms with Gasteiger partial charge in [0.2, 0.25) is 6.21 Å². The van der Waals surface area contributed by atoms with Gasteiger partial charge in [-0.3, -0.25) is 0 Å². The molecule has 1 aromatic rings. The monoisotopic (exact) mass is 162 g/mol. The van der Waals surface area contributed by atoms with Gasteiger partial charge in [0, 0.05) is 11.0 Å². The van der Waals surface area contributed by atoms with E-state index in [0.29, 0.717) is 0 Å². The maximum atomic E-state index is 9.45. The average Bonchev–Trinajstić information content (AvgIpc) is 2.04. The number of fused-ring (bicyclic) bond motifs is 1. The molecule has 0 aliphatic carbocycles. The van der Waals surface area contributed by atoms with Gasteiger partial charge >= 0.3 is 7.12 Å². The lowest BCUT2D eigenvalue weighted by Gasteiger charge is -2.10. The van der Waals surface area contributed by atoms with Crippen LogP contribution in [0.25, 0.3) is 0 Å². The SMILES string of the molecule is C[N+]1=Cc2ccccc2B(O)O1. The first-order valence-corrected chi connectivity index (χ1v) is 3.79. The van der Waals surface area contributed by atoms with E-state index < -0.39 is 7.12 Å². The van der Waals surface area contributed by atoms with Crippen molar-refractivity contribution >= 4 is 18.8 Å². The Morgan fingerprint density at radius 3 is 3.00 bits per heavy atom. The fraction of sp³-hybridized carbons (Fsp3) is 0.125. The van der Waals surface area contributed by atoms with E-state index in [4.69, 9.17) is 4.76 Å². The summed E-state index contributed by atoms with van der Waals surface area (Å²) < 4.78 is 6.55. The van der Waals surface area contributed by atoms with Crippen molar-refractivity contribution in [3.63, 3.8) is 0 Å². The second-order valence-corrected chi connectivity index (χ2v) is 2.76. The third-order valence-corrected chi connectivity index (χ3v) is 1.85. The van der Waals surface area contributed by atoms with E-state index in [2.05, 4.69) is 0 Å². The number of rotatable bonds is 0. The van der Waals surface area contributed by atoms with Gasteiger partial charge in [0.05, 0.1) is 0 Å². The summed E-state index contributed by atoms with van der Waals surface area (Å²) in [5, 5.41) is 9.45. The van der Waals surface area contributed by atoms with Crippen LogP contribution in [-0.2, 0) is 4.76 Å². The smallest absolute Gasteiger partial charge is 0.408 e. The highest BCUT2D eigenvalue weighted by molar-refractivity contribution is 6.61. The summed E-state index contributed by atoms with van der Waals surface area (Å²) >= 11 is 0. The molecular weight excluding hydrogens is 153 g/mol. The number of nitrogens with zero attached hydrogens (tertiary/aromatic N) is 1. The van der Waals surface area contributed by atoms with E-state index in [0.717, 1.165) is 11.0 Å². The van der Waals surface area contributed by atoms with Crippen molar-refractivity contribution in [3.05, 3.63) is 29.8 Å². The van der Waals surface area contributed by atoms with Crippen molar-refractivity contribution in [2.24, 2.45) is 0 Å². The zero-order valence-electron chi connectivity index (χ0n) is 6.77. The first kappa shape index (κ1) is 7.37. The molecule has 1 aliphatic rings. The normalized spacial score (nSPS) is 14.8. The molecular formula is C8H9BNO2+. The maximum absolute atomic E-state index is 9.45. The van der Waals surface area contributed by atoms with Crippen LogP contribution in [0.15, 0.2) is 24.3 Å². The van der Waals surface area contributed by atoms with E-state index >= 15 is 0 Å². The van der Waals surface area contributed by atoms with E-state index in [1.54, 1.807) is 7.05 Å². The molecule has 60 valence electrons. The topological polar surface area (TPSA) is 32.5 Å². The molecule has 1 aliphatic heterocycles. The number of hydroxylamine groups is 1. The fourth-order valence-corrected chi connectivity index (χ4v) is 1.29. The van der Waals surface area contributed by atoms with Gasteiger partial charge in [0.15, 0.2) is 7.05 Å². The Bertz CT molecular complexity index is 338. The molecule has 2 rings (SSSR count). The van der Waals surface area contributed by atoms with Gasteiger partial charge in [0.1, 0.15) is 0 Å². The van der Waals surface area contributed by atoms with Crippen LogP contribution in [-0.4, -0.2) is 30.1 Å². The van der Waals surface area contributed by atoms with Gasteiger partial charge in [-0.1, -0.05) is 18.2 Å². The molecule has 0 saturated heterocycles. The number of hydrogen-bond acceptors (Lipinski definition) is 2. The average molecular weight is 162 g/mol. The fourth-order valence-electron chi connectivity index (χ4n) is 1.29. The quantitative estimate of drug-likeness (QED) is 0.407. The zero-order valence-corrected chi connectivity index (χ0v) is 6.77. The van der Waals surface area contributed by atoms with Crippen molar-refractivity contribution in [1.29, 1.82) is 0 Å². The predicted octanol–water partition coefficient (Wildman–Crippen LogP) is -0.619. The summed E-state index contributed by atoms with van der Waals surface area (Å²) in [4.78, 5) is 0. The molecule has 4 heteroatoms. The third kappa shape index (κ3) is 1.10. The predicted molar refractivity (Wildman–Crippen MR) is 46.5 cm³/mol. The van der Waals surface area contributed by atoms with E-state index in [9.17, 15) is 5.02 Å². The van der Waals surface area contributed by atoms with Crippen LogP contribution in [0.5, 0.6) is 0 Å². The van der Waals surface area contributed by atoms with Gasteiger partial charge < -0.3 is 9.78 Å². The minimum atomic E-state index is -0.837. The highest BCUT2D eigenvalue weighted by atomic mass is 16.7. The van der Waals surface area contributed by atoms with Crippen molar-refractivity contribution in [2.45, 2.75) is 0 Å². The summed E-state index contributed by atoms with van der Waals surface area (Å²) in [6, 6.07) is 7.60. The van der Waals surface area contributed by atoms with Crippen molar-refractivity contribution in [1.82, 2.24) is 0 Å². The Kier molecular flexibility index (Phi) is 1.62. The Hall–Kier alpha value is -1.29. The molecule has 0 aromatic heterocycles. The molecule has 1 heterocycles. The largest absolute Gasteiger partial charge is 0.640 e. The van der Waals surface area contributed by atoms with Crippen LogP contribution in [0.3, 0.4) is 0 Å². The van der Waals surface area contributed by atoms with Gasteiger partial charge in [0.25, 0.3) is 0 Å². The van der Waals surface area contributed by atoms with Crippen LogP contribution < -0.4 is 5.46 Å². The highest BCUT2D eigenvalue weighted by Gasteiger charge is 2.31. The molecule has 0 bridgehead atoms. The Labute approximate surface area is 71.0 Å². The molecule has 0 amide bonds. The highest BCUT2D eigenvalue weighted by Crippen LogP contribution is 1.99. The standard InChI is InChI=1S/C8H9BNO2/c1-10-6-7-4-2-3-5-8(7)9(11)12-10/h2-6,11H,1H3/q+1. The van der Waals surface area contributed by atoms with Gasteiger partial charge in [-0.25, -0.2) is 0 Å². The summed E-state index contributed by atoms with van der Waals surface area (Å²) in [6.07, 6.45) is 1.84. The second kappa shape index (κ2) is 2.64. The van der Waals surface area contributed by atoms with Gasteiger partial charge in [-0.15, -0.1) is 0 Å². The molecule has 1 aromatic carbocycles. The van der Waals surface area contributed by atoms with E-state index in [1.165, 1.54) is 4.74 Å². The molecule has 0 radical (unpaired) electrons. The molecule has 3 nitrogen and oxygen atoms in total. The van der Waals surface area contributed by atoms with Crippen LogP contribution in [0.2, 0.25) is 0 Å². The molecule has 1 N–H and O–H groups in total. The summed E-state index contributed by atoms with van der Waals surface area (Å²) in [5.74, 6) is 0. The van der Waals surface area contributed by atoms with E-state index in [1.807, 2.05) is 30.5 Å². The maximum Gasteiger partial charge on any atom is 0.640 e. The minimum absolute atomic E-state index is 0.815. The summed E-state index contributed by atoms with van der Waals surface area (Å²) in [7, 11) is 0.912.